The fourth-order valence-electron chi connectivity index (χ4n) is 2.23. The molecule has 1 fully saturated rings. The molecule has 1 aromatic carbocycles. The van der Waals surface area contributed by atoms with E-state index in [0.29, 0.717) is 18.0 Å². The minimum Gasteiger partial charge on any atom is -0.495 e. The van der Waals surface area contributed by atoms with E-state index in [4.69, 9.17) is 9.47 Å². The van der Waals surface area contributed by atoms with Gasteiger partial charge in [-0.05, 0) is 31.0 Å². The number of ether oxygens (including phenoxy) is 2. The van der Waals surface area contributed by atoms with Crippen LogP contribution in [0.15, 0.2) is 23.1 Å². The van der Waals surface area contributed by atoms with E-state index < -0.39 is 10.0 Å². The summed E-state index contributed by atoms with van der Waals surface area (Å²) in [5.41, 5.74) is 0.315. The van der Waals surface area contributed by atoms with Gasteiger partial charge in [-0.25, -0.2) is 13.1 Å². The van der Waals surface area contributed by atoms with Gasteiger partial charge in [0, 0.05) is 20.1 Å². The maximum absolute atomic E-state index is 12.3. The van der Waals surface area contributed by atoms with Crippen molar-refractivity contribution in [3.05, 3.63) is 18.2 Å². The molecule has 1 saturated heterocycles. The first-order valence-electron chi connectivity index (χ1n) is 6.99. The first-order valence-corrected chi connectivity index (χ1v) is 8.47. The monoisotopic (exact) mass is 328 g/mol. The van der Waals surface area contributed by atoms with E-state index >= 15 is 0 Å². The highest BCUT2D eigenvalue weighted by Gasteiger charge is 2.21. The maximum atomic E-state index is 12.3. The Hall–Kier alpha value is -1.64. The predicted octanol–water partition coefficient (Wildman–Crippen LogP) is 1.11. The number of benzene rings is 1. The van der Waals surface area contributed by atoms with Crippen molar-refractivity contribution in [2.75, 3.05) is 25.6 Å². The molecule has 0 unspecified atom stereocenters. The first kappa shape index (κ1) is 16.7. The summed E-state index contributed by atoms with van der Waals surface area (Å²) in [5, 5.41) is 2.55. The lowest BCUT2D eigenvalue weighted by Crippen LogP contribution is -2.31. The van der Waals surface area contributed by atoms with Crippen LogP contribution < -0.4 is 14.8 Å². The van der Waals surface area contributed by atoms with Crippen molar-refractivity contribution in [2.45, 2.75) is 30.8 Å². The number of methoxy groups -OCH3 is 1. The van der Waals surface area contributed by atoms with Gasteiger partial charge in [0.1, 0.15) is 5.75 Å². The number of anilines is 1. The average Bonchev–Trinajstić information content (AvgIpc) is 2.98. The van der Waals surface area contributed by atoms with Gasteiger partial charge < -0.3 is 14.8 Å². The van der Waals surface area contributed by atoms with Crippen LogP contribution in [-0.4, -0.2) is 40.7 Å². The van der Waals surface area contributed by atoms with Crippen LogP contribution in [0.25, 0.3) is 0 Å². The lowest BCUT2D eigenvalue weighted by molar-refractivity contribution is -0.114. The Bertz CT molecular complexity index is 639. The van der Waals surface area contributed by atoms with E-state index in [9.17, 15) is 13.2 Å². The Morgan fingerprint density at radius 3 is 2.82 bits per heavy atom. The van der Waals surface area contributed by atoms with E-state index in [2.05, 4.69) is 10.0 Å². The van der Waals surface area contributed by atoms with Crippen LogP contribution in [0.5, 0.6) is 5.75 Å². The second kappa shape index (κ2) is 7.08. The summed E-state index contributed by atoms with van der Waals surface area (Å²) >= 11 is 0. The molecule has 0 radical (unpaired) electrons. The normalized spacial score (nSPS) is 18.2. The number of nitrogens with one attached hydrogen (secondary N) is 2. The molecule has 22 heavy (non-hydrogen) atoms. The molecule has 0 bridgehead atoms. The molecule has 1 aliphatic heterocycles. The zero-order valence-corrected chi connectivity index (χ0v) is 13.4. The highest BCUT2D eigenvalue weighted by Crippen LogP contribution is 2.27. The highest BCUT2D eigenvalue weighted by atomic mass is 32.2. The molecular weight excluding hydrogens is 308 g/mol. The van der Waals surface area contributed by atoms with Crippen molar-refractivity contribution >= 4 is 21.6 Å². The molecule has 2 N–H and O–H groups in total. The Morgan fingerprint density at radius 1 is 1.45 bits per heavy atom. The Morgan fingerprint density at radius 2 is 2.23 bits per heavy atom. The Kier molecular flexibility index (Phi) is 5.38. The maximum Gasteiger partial charge on any atom is 0.240 e. The number of hydrogen-bond acceptors (Lipinski definition) is 5. The van der Waals surface area contributed by atoms with Crippen LogP contribution in [0, 0.1) is 0 Å². The molecule has 1 atom stereocenters. The van der Waals surface area contributed by atoms with Crippen LogP contribution in [0.1, 0.15) is 19.8 Å². The van der Waals surface area contributed by atoms with Crippen molar-refractivity contribution in [3.8, 4) is 5.75 Å². The standard InChI is InChI=1S/C14H20N2O5S/c1-10(17)16-13-8-12(5-6-14(13)20-2)22(18,19)15-9-11-4-3-7-21-11/h5-6,8,11,15H,3-4,7,9H2,1-2H3,(H,16,17)/t11-/m1/s1. The molecule has 1 aliphatic rings. The first-order chi connectivity index (χ1) is 10.4. The number of amides is 1. The van der Waals surface area contributed by atoms with Gasteiger partial charge in [-0.2, -0.15) is 0 Å². The minimum absolute atomic E-state index is 0.0649. The van der Waals surface area contributed by atoms with E-state index in [-0.39, 0.29) is 23.5 Å². The third-order valence-corrected chi connectivity index (χ3v) is 4.74. The average molecular weight is 328 g/mol. The molecule has 1 amide bonds. The van der Waals surface area contributed by atoms with Gasteiger partial charge in [-0.3, -0.25) is 4.79 Å². The van der Waals surface area contributed by atoms with Crippen molar-refractivity contribution in [2.24, 2.45) is 0 Å². The van der Waals surface area contributed by atoms with Crippen LogP contribution in [0.2, 0.25) is 0 Å². The quantitative estimate of drug-likeness (QED) is 0.816. The fourth-order valence-corrected chi connectivity index (χ4v) is 3.33. The number of rotatable bonds is 6. The molecule has 0 aliphatic carbocycles. The third kappa shape index (κ3) is 4.19. The number of sulfonamides is 1. The van der Waals surface area contributed by atoms with Gasteiger partial charge in [0.15, 0.2) is 0 Å². The van der Waals surface area contributed by atoms with E-state index in [1.807, 2.05) is 0 Å². The van der Waals surface area contributed by atoms with Gasteiger partial charge in [0.2, 0.25) is 15.9 Å². The van der Waals surface area contributed by atoms with Gasteiger partial charge in [0.25, 0.3) is 0 Å². The topological polar surface area (TPSA) is 93.7 Å². The summed E-state index contributed by atoms with van der Waals surface area (Å²) < 4.78 is 37.6. The number of hydrogen-bond donors (Lipinski definition) is 2. The summed E-state index contributed by atoms with van der Waals surface area (Å²) in [7, 11) is -2.22. The number of carbonyl (C=O) groups is 1. The van der Waals surface area contributed by atoms with Crippen LogP contribution in [0.3, 0.4) is 0 Å². The molecule has 0 aromatic heterocycles. The summed E-state index contributed by atoms with van der Waals surface area (Å²) in [6.45, 7) is 2.25. The van der Waals surface area contributed by atoms with Crippen LogP contribution in [-0.2, 0) is 19.6 Å². The Balaban J connectivity index is 2.16. The molecule has 2 rings (SSSR count). The van der Waals surface area contributed by atoms with E-state index in [1.165, 1.54) is 32.2 Å². The lowest BCUT2D eigenvalue weighted by atomic mass is 10.2. The molecule has 8 heteroatoms. The van der Waals surface area contributed by atoms with Crippen LogP contribution in [0.4, 0.5) is 5.69 Å². The van der Waals surface area contributed by atoms with Crippen molar-refractivity contribution in [3.63, 3.8) is 0 Å². The summed E-state index contributed by atoms with van der Waals surface area (Å²) in [6, 6.07) is 4.31. The van der Waals surface area contributed by atoms with Crippen molar-refractivity contribution in [1.82, 2.24) is 4.72 Å². The van der Waals surface area contributed by atoms with Crippen molar-refractivity contribution < 1.29 is 22.7 Å². The second-order valence-corrected chi connectivity index (χ2v) is 6.80. The molecule has 122 valence electrons. The smallest absolute Gasteiger partial charge is 0.240 e. The summed E-state index contributed by atoms with van der Waals surface area (Å²) in [4.78, 5) is 11.3. The molecule has 1 heterocycles. The molecule has 0 saturated carbocycles. The van der Waals surface area contributed by atoms with Gasteiger partial charge in [-0.15, -0.1) is 0 Å². The largest absolute Gasteiger partial charge is 0.495 e. The molecule has 1 aromatic rings. The fraction of sp³-hybridized carbons (Fsp3) is 0.500. The molecular formula is C14H20N2O5S. The number of carbonyl (C=O) groups excluding carboxylic acids is 1. The minimum atomic E-state index is -3.67. The van der Waals surface area contributed by atoms with Gasteiger partial charge in [-0.1, -0.05) is 0 Å². The Labute approximate surface area is 130 Å². The predicted molar refractivity (Wildman–Crippen MR) is 81.5 cm³/mol. The molecule has 7 nitrogen and oxygen atoms in total. The van der Waals surface area contributed by atoms with E-state index in [0.717, 1.165) is 12.8 Å². The van der Waals surface area contributed by atoms with Gasteiger partial charge >= 0.3 is 0 Å². The zero-order valence-electron chi connectivity index (χ0n) is 12.6. The van der Waals surface area contributed by atoms with Crippen LogP contribution >= 0.6 is 0 Å². The van der Waals surface area contributed by atoms with E-state index in [1.54, 1.807) is 0 Å². The SMILES string of the molecule is COc1ccc(S(=O)(=O)NC[C@H]2CCCO2)cc1NC(C)=O. The highest BCUT2D eigenvalue weighted by molar-refractivity contribution is 7.89. The zero-order chi connectivity index (χ0) is 16.2. The lowest BCUT2D eigenvalue weighted by Gasteiger charge is -2.14. The second-order valence-electron chi connectivity index (χ2n) is 5.03. The molecule has 0 spiro atoms. The third-order valence-electron chi connectivity index (χ3n) is 3.32. The van der Waals surface area contributed by atoms with Crippen molar-refractivity contribution in [1.29, 1.82) is 0 Å². The summed E-state index contributed by atoms with van der Waals surface area (Å²) in [6.07, 6.45) is 1.71. The van der Waals surface area contributed by atoms with Gasteiger partial charge in [0.05, 0.1) is 23.8 Å². The summed E-state index contributed by atoms with van der Waals surface area (Å²) in [5.74, 6) is 0.0911.